The van der Waals surface area contributed by atoms with Crippen LogP contribution in [0, 0.1) is 11.8 Å². The third-order valence-corrected chi connectivity index (χ3v) is 6.60. The molecule has 0 saturated carbocycles. The van der Waals surface area contributed by atoms with Crippen molar-refractivity contribution in [3.05, 3.63) is 65.8 Å². The first-order chi connectivity index (χ1) is 19.3. The van der Waals surface area contributed by atoms with Gasteiger partial charge < -0.3 is 19.5 Å². The number of anilines is 2. The maximum atomic E-state index is 12.3. The molecule has 1 aliphatic rings. The topological polar surface area (TPSA) is 110 Å². The van der Waals surface area contributed by atoms with Crippen molar-refractivity contribution in [3.63, 3.8) is 0 Å². The predicted molar refractivity (Wildman–Crippen MR) is 154 cm³/mol. The fraction of sp³-hybridized carbons (Fsp3) is 0.400. The molecule has 2 N–H and O–H groups in total. The molecule has 0 radical (unpaired) electrons. The molecule has 10 heteroatoms. The van der Waals surface area contributed by atoms with Gasteiger partial charge in [0.25, 0.3) is 0 Å². The van der Waals surface area contributed by atoms with Gasteiger partial charge >= 0.3 is 6.03 Å². The van der Waals surface area contributed by atoms with Gasteiger partial charge in [-0.05, 0) is 62.5 Å². The third-order valence-electron chi connectivity index (χ3n) is 6.60. The molecule has 1 aromatic carbocycles. The van der Waals surface area contributed by atoms with Crippen molar-refractivity contribution in [1.82, 2.24) is 24.7 Å². The van der Waals surface area contributed by atoms with Crippen molar-refractivity contribution in [2.45, 2.75) is 51.9 Å². The van der Waals surface area contributed by atoms with Gasteiger partial charge in [0.05, 0.1) is 19.0 Å². The van der Waals surface area contributed by atoms with Crippen molar-refractivity contribution >= 4 is 23.2 Å². The summed E-state index contributed by atoms with van der Waals surface area (Å²) < 4.78 is 12.9. The van der Waals surface area contributed by atoms with E-state index in [1.165, 1.54) is 32.4 Å². The summed E-state index contributed by atoms with van der Waals surface area (Å²) in [5.74, 6) is 7.95. The zero-order chi connectivity index (χ0) is 28.0. The highest BCUT2D eigenvalue weighted by Crippen LogP contribution is 2.24. The van der Waals surface area contributed by atoms with E-state index >= 15 is 0 Å². The lowest BCUT2D eigenvalue weighted by molar-refractivity contribution is 0.204. The summed E-state index contributed by atoms with van der Waals surface area (Å²) in [4.78, 5) is 19.4. The lowest BCUT2D eigenvalue weighted by Gasteiger charge is -2.26. The predicted octanol–water partition coefficient (Wildman–Crippen LogP) is 5.31. The van der Waals surface area contributed by atoms with Gasteiger partial charge in [-0.25, -0.2) is 14.3 Å². The molecule has 0 unspecified atom stereocenters. The molecular formula is C30H35N7O3. The van der Waals surface area contributed by atoms with Crippen LogP contribution in [0.1, 0.15) is 63.5 Å². The van der Waals surface area contributed by atoms with Crippen molar-refractivity contribution < 1.29 is 14.1 Å². The number of hydrogen-bond donors (Lipinski definition) is 2. The zero-order valence-electron chi connectivity index (χ0n) is 23.2. The number of amides is 2. The van der Waals surface area contributed by atoms with E-state index in [-0.39, 0.29) is 5.41 Å². The molecular weight excluding hydrogens is 506 g/mol. The summed E-state index contributed by atoms with van der Waals surface area (Å²) in [5.41, 5.74) is 2.52. The number of ether oxygens (including phenoxy) is 1. The van der Waals surface area contributed by atoms with Crippen LogP contribution in [0.15, 0.2) is 53.3 Å². The Hall–Kier alpha value is -4.36. The van der Waals surface area contributed by atoms with E-state index in [0.29, 0.717) is 41.0 Å². The maximum absolute atomic E-state index is 12.3. The fourth-order valence-electron chi connectivity index (χ4n) is 4.40. The van der Waals surface area contributed by atoms with Crippen LogP contribution in [0.2, 0.25) is 0 Å². The minimum Gasteiger partial charge on any atom is -0.492 e. The van der Waals surface area contributed by atoms with Crippen molar-refractivity contribution in [3.8, 4) is 17.6 Å². The van der Waals surface area contributed by atoms with Crippen molar-refractivity contribution in [2.24, 2.45) is 0 Å². The Kier molecular flexibility index (Phi) is 8.31. The van der Waals surface area contributed by atoms with Gasteiger partial charge in [0, 0.05) is 35.3 Å². The van der Waals surface area contributed by atoms with Gasteiger partial charge in [0.1, 0.15) is 17.2 Å². The van der Waals surface area contributed by atoms with Crippen LogP contribution in [0.25, 0.3) is 5.65 Å². The summed E-state index contributed by atoms with van der Waals surface area (Å²) in [6.07, 6.45) is 8.45. The normalized spacial score (nSPS) is 14.0. The van der Waals surface area contributed by atoms with Gasteiger partial charge in [0.2, 0.25) is 0 Å². The van der Waals surface area contributed by atoms with Crippen LogP contribution in [0.5, 0.6) is 5.75 Å². The van der Waals surface area contributed by atoms with Crippen LogP contribution in [-0.4, -0.2) is 56.9 Å². The van der Waals surface area contributed by atoms with Gasteiger partial charge in [-0.2, -0.15) is 5.10 Å². The Morgan fingerprint density at radius 1 is 1.07 bits per heavy atom. The first-order valence-electron chi connectivity index (χ1n) is 13.7. The number of carbonyl (C=O) groups is 1. The average Bonchev–Trinajstić information content (AvgIpc) is 3.58. The standard InChI is InChI=1S/C30H35N7O3/c1-30(2,3)26-19-27(35-40-26)34-29(38)33-23-11-8-22(9-12-23)10-13-24-21-37-28(32-24)18-25(20-31-37)39-17-7-16-36-14-5-4-6-15-36/h8-9,11-12,18-21H,4-7,14-17H2,1-3H3,(H2,33,34,35,38). The van der Waals surface area contributed by atoms with Crippen molar-refractivity contribution in [2.75, 3.05) is 36.9 Å². The Labute approximate surface area is 234 Å². The highest BCUT2D eigenvalue weighted by atomic mass is 16.5. The summed E-state index contributed by atoms with van der Waals surface area (Å²) in [6.45, 7) is 10.2. The highest BCUT2D eigenvalue weighted by Gasteiger charge is 2.20. The third kappa shape index (κ3) is 7.39. The first-order valence-corrected chi connectivity index (χ1v) is 13.7. The SMILES string of the molecule is CC(C)(C)c1cc(NC(=O)Nc2ccc(C#Cc3cn4ncc(OCCCN5CCCCC5)cc4n3)cc2)no1. The smallest absolute Gasteiger partial charge is 0.324 e. The number of likely N-dealkylation sites (tertiary alicyclic amines) is 1. The van der Waals surface area contributed by atoms with Crippen LogP contribution < -0.4 is 15.4 Å². The van der Waals surface area contributed by atoms with E-state index < -0.39 is 6.03 Å². The lowest BCUT2D eigenvalue weighted by atomic mass is 9.93. The average molecular weight is 542 g/mol. The van der Waals surface area contributed by atoms with E-state index in [9.17, 15) is 4.79 Å². The van der Waals surface area contributed by atoms with Gasteiger partial charge in [0.15, 0.2) is 11.5 Å². The second-order valence-corrected chi connectivity index (χ2v) is 11.0. The molecule has 1 aliphatic heterocycles. The Morgan fingerprint density at radius 3 is 2.62 bits per heavy atom. The largest absolute Gasteiger partial charge is 0.492 e. The molecule has 3 aromatic heterocycles. The molecule has 10 nitrogen and oxygen atoms in total. The van der Waals surface area contributed by atoms with Gasteiger partial charge in [-0.3, -0.25) is 5.32 Å². The van der Waals surface area contributed by atoms with Gasteiger partial charge in [-0.15, -0.1) is 0 Å². The minimum absolute atomic E-state index is 0.191. The number of hydrogen-bond acceptors (Lipinski definition) is 7. The maximum Gasteiger partial charge on any atom is 0.324 e. The number of piperidine rings is 1. The zero-order valence-corrected chi connectivity index (χ0v) is 23.2. The number of nitrogens with one attached hydrogen (secondary N) is 2. The fourth-order valence-corrected chi connectivity index (χ4v) is 4.40. The quantitative estimate of drug-likeness (QED) is 0.241. The number of fused-ring (bicyclic) bond motifs is 1. The Balaban J connectivity index is 1.12. The van der Waals surface area contributed by atoms with Crippen LogP contribution in [-0.2, 0) is 5.41 Å². The number of urea groups is 1. The molecule has 40 heavy (non-hydrogen) atoms. The van der Waals surface area contributed by atoms with E-state index in [0.717, 1.165) is 18.5 Å². The van der Waals surface area contributed by atoms with E-state index in [2.05, 4.69) is 42.6 Å². The molecule has 208 valence electrons. The number of aromatic nitrogens is 4. The second kappa shape index (κ2) is 12.2. The van der Waals surface area contributed by atoms with Gasteiger partial charge in [-0.1, -0.05) is 38.3 Å². The van der Waals surface area contributed by atoms with E-state index in [1.54, 1.807) is 35.1 Å². The molecule has 0 spiro atoms. The molecule has 0 atom stereocenters. The monoisotopic (exact) mass is 541 g/mol. The van der Waals surface area contributed by atoms with Crippen molar-refractivity contribution in [1.29, 1.82) is 0 Å². The molecule has 0 aliphatic carbocycles. The summed E-state index contributed by atoms with van der Waals surface area (Å²) in [6, 6.07) is 10.4. The summed E-state index contributed by atoms with van der Waals surface area (Å²) in [5, 5.41) is 13.8. The molecule has 4 aromatic rings. The lowest BCUT2D eigenvalue weighted by Crippen LogP contribution is -2.31. The van der Waals surface area contributed by atoms with Crippen LogP contribution in [0.3, 0.4) is 0 Å². The number of rotatable bonds is 7. The number of benzene rings is 1. The summed E-state index contributed by atoms with van der Waals surface area (Å²) >= 11 is 0. The molecule has 1 saturated heterocycles. The molecule has 4 heterocycles. The molecule has 1 fully saturated rings. The highest BCUT2D eigenvalue weighted by molar-refractivity contribution is 5.99. The Morgan fingerprint density at radius 2 is 1.88 bits per heavy atom. The Bertz CT molecular complexity index is 1500. The molecule has 2 amide bonds. The minimum atomic E-state index is -0.407. The number of nitrogens with zero attached hydrogens (tertiary/aromatic N) is 5. The number of imidazole rings is 1. The molecule has 0 bridgehead atoms. The summed E-state index contributed by atoms with van der Waals surface area (Å²) in [7, 11) is 0. The first kappa shape index (κ1) is 27.2. The van der Waals surface area contributed by atoms with Crippen LogP contribution >= 0.6 is 0 Å². The van der Waals surface area contributed by atoms with E-state index in [1.807, 2.05) is 39.0 Å². The molecule has 5 rings (SSSR count). The van der Waals surface area contributed by atoms with E-state index in [4.69, 9.17) is 9.26 Å². The number of carbonyl (C=O) groups excluding carboxylic acids is 1. The van der Waals surface area contributed by atoms with Crippen LogP contribution in [0.4, 0.5) is 16.3 Å². The second-order valence-electron chi connectivity index (χ2n) is 11.0.